The molecule has 0 saturated heterocycles. The summed E-state index contributed by atoms with van der Waals surface area (Å²) in [6.45, 7) is 0. The average Bonchev–Trinajstić information content (AvgIpc) is 2.16. The summed E-state index contributed by atoms with van der Waals surface area (Å²) in [6, 6.07) is 2.73. The number of rotatable bonds is 3. The van der Waals surface area contributed by atoms with Gasteiger partial charge in [0.05, 0.1) is 10.6 Å². The Morgan fingerprint density at radius 2 is 2.19 bits per heavy atom. The number of nitro groups is 1. The maximum Gasteiger partial charge on any atom is 0.315 e. The minimum Gasteiger partial charge on any atom is -0.481 e. The van der Waals surface area contributed by atoms with Crippen LogP contribution in [0, 0.1) is 10.1 Å². The van der Waals surface area contributed by atoms with Crippen molar-refractivity contribution in [1.82, 2.24) is 4.98 Å². The minimum atomic E-state index is -0.921. The summed E-state index contributed by atoms with van der Waals surface area (Å²) in [5.41, 5.74) is -0.629. The van der Waals surface area contributed by atoms with Crippen molar-refractivity contribution < 1.29 is 14.8 Å². The molecule has 16 heavy (non-hydrogen) atoms. The Bertz CT molecular complexity index is 437. The Labute approximate surface area is 91.1 Å². The summed E-state index contributed by atoms with van der Waals surface area (Å²) >= 11 is 0. The molecule has 0 bridgehead atoms. The number of carboxylic acid groups (broad SMARTS) is 1. The lowest BCUT2D eigenvalue weighted by Crippen LogP contribution is -2.43. The van der Waals surface area contributed by atoms with E-state index in [4.69, 9.17) is 5.11 Å². The lowest BCUT2D eigenvalue weighted by molar-refractivity contribution is -0.385. The fraction of sp³-hybridized carbons (Fsp3) is 0.400. The number of carbonyl (C=O) groups is 1. The zero-order valence-corrected chi connectivity index (χ0v) is 8.42. The molecule has 0 atom stereocenters. The first-order valence-electron chi connectivity index (χ1n) is 4.90. The Kier molecular flexibility index (Phi) is 2.34. The first-order chi connectivity index (χ1) is 7.56. The summed E-state index contributed by atoms with van der Waals surface area (Å²) in [5.74, 6) is -0.903. The van der Waals surface area contributed by atoms with E-state index in [2.05, 4.69) is 4.98 Å². The van der Waals surface area contributed by atoms with Crippen LogP contribution in [0.5, 0.6) is 0 Å². The van der Waals surface area contributed by atoms with Gasteiger partial charge in [-0.15, -0.1) is 0 Å². The van der Waals surface area contributed by atoms with Crippen molar-refractivity contribution >= 4 is 11.7 Å². The molecule has 1 N–H and O–H groups in total. The van der Waals surface area contributed by atoms with Crippen molar-refractivity contribution in [2.75, 3.05) is 0 Å². The SMILES string of the molecule is O=C(O)C1(c2ccc([N+](=O)[O-])cn2)CCC1. The van der Waals surface area contributed by atoms with Gasteiger partial charge in [0.15, 0.2) is 0 Å². The Balaban J connectivity index is 2.34. The van der Waals surface area contributed by atoms with Gasteiger partial charge >= 0.3 is 5.97 Å². The fourth-order valence-corrected chi connectivity index (χ4v) is 1.89. The summed E-state index contributed by atoms with van der Waals surface area (Å²) in [5, 5.41) is 19.6. The number of carboxylic acids is 1. The molecule has 0 amide bonds. The predicted octanol–water partition coefficient (Wildman–Crippen LogP) is 1.50. The van der Waals surface area contributed by atoms with Crippen molar-refractivity contribution in [1.29, 1.82) is 0 Å². The fourth-order valence-electron chi connectivity index (χ4n) is 1.89. The Hall–Kier alpha value is -1.98. The second kappa shape index (κ2) is 3.55. The average molecular weight is 222 g/mol. The molecule has 0 radical (unpaired) electrons. The van der Waals surface area contributed by atoms with E-state index in [1.54, 1.807) is 0 Å². The van der Waals surface area contributed by atoms with Crippen LogP contribution >= 0.6 is 0 Å². The van der Waals surface area contributed by atoms with E-state index in [0.29, 0.717) is 18.5 Å². The quantitative estimate of drug-likeness (QED) is 0.617. The Morgan fingerprint density at radius 1 is 1.50 bits per heavy atom. The van der Waals surface area contributed by atoms with Crippen LogP contribution in [0.4, 0.5) is 5.69 Å². The highest BCUT2D eigenvalue weighted by atomic mass is 16.6. The molecule has 1 saturated carbocycles. The van der Waals surface area contributed by atoms with Gasteiger partial charge in [0.2, 0.25) is 0 Å². The van der Waals surface area contributed by atoms with Crippen LogP contribution in [-0.2, 0) is 10.2 Å². The third-order valence-electron chi connectivity index (χ3n) is 3.07. The van der Waals surface area contributed by atoms with Gasteiger partial charge in [0.25, 0.3) is 5.69 Å². The summed E-state index contributed by atoms with van der Waals surface area (Å²) in [6.07, 6.45) is 3.06. The maximum absolute atomic E-state index is 11.1. The summed E-state index contributed by atoms with van der Waals surface area (Å²) in [7, 11) is 0. The van der Waals surface area contributed by atoms with E-state index in [1.807, 2.05) is 0 Å². The van der Waals surface area contributed by atoms with E-state index >= 15 is 0 Å². The molecule has 1 aromatic heterocycles. The zero-order chi connectivity index (χ0) is 11.8. The lowest BCUT2D eigenvalue weighted by atomic mass is 9.66. The third kappa shape index (κ3) is 1.42. The standard InChI is InChI=1S/C10H10N2O4/c13-9(14)10(4-1-5-10)8-3-2-7(6-11-8)12(15)16/h2-3,6H,1,4-5H2,(H,13,14). The second-order valence-corrected chi connectivity index (χ2v) is 3.90. The third-order valence-corrected chi connectivity index (χ3v) is 3.07. The number of hydrogen-bond donors (Lipinski definition) is 1. The molecule has 6 nitrogen and oxygen atoms in total. The van der Waals surface area contributed by atoms with Crippen LogP contribution in [-0.4, -0.2) is 21.0 Å². The number of aromatic nitrogens is 1. The lowest BCUT2D eigenvalue weighted by Gasteiger charge is -2.36. The van der Waals surface area contributed by atoms with Crippen molar-refractivity contribution in [3.63, 3.8) is 0 Å². The predicted molar refractivity (Wildman–Crippen MR) is 54.1 cm³/mol. The number of aliphatic carboxylic acids is 1. The van der Waals surface area contributed by atoms with Crippen molar-refractivity contribution in [3.05, 3.63) is 34.1 Å². The monoisotopic (exact) mass is 222 g/mol. The number of nitrogens with zero attached hydrogens (tertiary/aromatic N) is 2. The van der Waals surface area contributed by atoms with Gasteiger partial charge in [-0.1, -0.05) is 6.42 Å². The highest BCUT2D eigenvalue weighted by Crippen LogP contribution is 2.43. The number of hydrogen-bond acceptors (Lipinski definition) is 4. The maximum atomic E-state index is 11.1. The van der Waals surface area contributed by atoms with Gasteiger partial charge < -0.3 is 5.11 Å². The molecule has 1 aliphatic rings. The van der Waals surface area contributed by atoms with Gasteiger partial charge in [-0.05, 0) is 18.9 Å². The first-order valence-corrected chi connectivity index (χ1v) is 4.90. The summed E-state index contributed by atoms with van der Waals surface area (Å²) < 4.78 is 0. The van der Waals surface area contributed by atoms with Crippen molar-refractivity contribution in [2.24, 2.45) is 0 Å². The van der Waals surface area contributed by atoms with Crippen molar-refractivity contribution in [2.45, 2.75) is 24.7 Å². The van der Waals surface area contributed by atoms with Gasteiger partial charge in [-0.2, -0.15) is 0 Å². The van der Waals surface area contributed by atoms with Crippen LogP contribution in [0.3, 0.4) is 0 Å². The Morgan fingerprint density at radius 3 is 2.50 bits per heavy atom. The molecule has 0 spiro atoms. The van der Waals surface area contributed by atoms with Crippen LogP contribution in [0.25, 0.3) is 0 Å². The van der Waals surface area contributed by atoms with Gasteiger partial charge in [-0.3, -0.25) is 19.9 Å². The van der Waals surface area contributed by atoms with Crippen LogP contribution in [0.2, 0.25) is 0 Å². The van der Waals surface area contributed by atoms with Crippen LogP contribution < -0.4 is 0 Å². The molecular weight excluding hydrogens is 212 g/mol. The van der Waals surface area contributed by atoms with E-state index in [0.717, 1.165) is 12.6 Å². The molecule has 84 valence electrons. The molecule has 0 aliphatic heterocycles. The minimum absolute atomic E-state index is 0.122. The van der Waals surface area contributed by atoms with E-state index in [9.17, 15) is 14.9 Å². The van der Waals surface area contributed by atoms with Gasteiger partial charge in [0.1, 0.15) is 11.6 Å². The van der Waals surface area contributed by atoms with E-state index in [-0.39, 0.29) is 5.69 Å². The smallest absolute Gasteiger partial charge is 0.315 e. The molecular formula is C10H10N2O4. The molecule has 1 aromatic rings. The van der Waals surface area contributed by atoms with Gasteiger partial charge in [0, 0.05) is 6.07 Å². The molecule has 1 heterocycles. The molecule has 0 unspecified atom stereocenters. The van der Waals surface area contributed by atoms with Crippen LogP contribution in [0.1, 0.15) is 25.0 Å². The first kappa shape index (κ1) is 10.5. The molecule has 1 aliphatic carbocycles. The zero-order valence-electron chi connectivity index (χ0n) is 8.42. The number of pyridine rings is 1. The molecule has 1 fully saturated rings. The van der Waals surface area contributed by atoms with E-state index < -0.39 is 16.3 Å². The normalized spacial score (nSPS) is 17.5. The molecule has 6 heteroatoms. The van der Waals surface area contributed by atoms with Gasteiger partial charge in [-0.25, -0.2) is 0 Å². The topological polar surface area (TPSA) is 93.3 Å². The van der Waals surface area contributed by atoms with E-state index in [1.165, 1.54) is 12.1 Å². The highest BCUT2D eigenvalue weighted by Gasteiger charge is 2.47. The largest absolute Gasteiger partial charge is 0.481 e. The summed E-state index contributed by atoms with van der Waals surface area (Å²) in [4.78, 5) is 24.9. The highest BCUT2D eigenvalue weighted by molar-refractivity contribution is 5.81. The second-order valence-electron chi connectivity index (χ2n) is 3.90. The van der Waals surface area contributed by atoms with Crippen LogP contribution in [0.15, 0.2) is 18.3 Å². The van der Waals surface area contributed by atoms with Crippen molar-refractivity contribution in [3.8, 4) is 0 Å². The molecule has 0 aromatic carbocycles. The molecule has 2 rings (SSSR count).